The minimum absolute atomic E-state index is 0.303. The van der Waals surface area contributed by atoms with E-state index in [1.807, 2.05) is 44.2 Å². The Morgan fingerprint density at radius 1 is 0.968 bits per heavy atom. The number of nitrogens with zero attached hydrogens (tertiary/aromatic N) is 3. The van der Waals surface area contributed by atoms with E-state index in [2.05, 4.69) is 33.3 Å². The molecule has 0 unspecified atom stereocenters. The molecule has 0 aliphatic rings. The zero-order chi connectivity index (χ0) is 21.8. The first-order valence-electron chi connectivity index (χ1n) is 9.74. The number of nitriles is 1. The molecule has 0 aliphatic heterocycles. The molecule has 0 atom stereocenters. The van der Waals surface area contributed by atoms with Gasteiger partial charge >= 0.3 is 0 Å². The van der Waals surface area contributed by atoms with Crippen molar-refractivity contribution in [1.82, 2.24) is 9.99 Å². The van der Waals surface area contributed by atoms with Gasteiger partial charge in [0, 0.05) is 28.2 Å². The van der Waals surface area contributed by atoms with E-state index in [9.17, 15) is 4.79 Å². The maximum atomic E-state index is 12.4. The van der Waals surface area contributed by atoms with Gasteiger partial charge in [-0.25, -0.2) is 5.43 Å². The highest BCUT2D eigenvalue weighted by Gasteiger charge is 2.08. The number of furan rings is 1. The van der Waals surface area contributed by atoms with Crippen molar-refractivity contribution in [2.24, 2.45) is 5.10 Å². The third-order valence-corrected chi connectivity index (χ3v) is 4.94. The summed E-state index contributed by atoms with van der Waals surface area (Å²) >= 11 is 0. The summed E-state index contributed by atoms with van der Waals surface area (Å²) in [6.45, 7) is 4.09. The molecule has 0 fully saturated rings. The second kappa shape index (κ2) is 8.56. The number of hydrogen-bond acceptors (Lipinski definition) is 4. The lowest BCUT2D eigenvalue weighted by Gasteiger charge is -2.09. The third kappa shape index (κ3) is 4.31. The van der Waals surface area contributed by atoms with Crippen molar-refractivity contribution in [1.29, 1.82) is 5.26 Å². The molecule has 2 aromatic carbocycles. The van der Waals surface area contributed by atoms with E-state index in [1.54, 1.807) is 30.3 Å². The number of rotatable bonds is 5. The number of aryl methyl sites for hydroxylation is 2. The minimum Gasteiger partial charge on any atom is -0.455 e. The molecule has 6 heteroatoms. The SMILES string of the molecule is Cc1ccc(C)n1-c1ccc(C(=O)N/N=C\c2ccc(-c3ccc(C#N)cc3)o2)cc1. The van der Waals surface area contributed by atoms with Crippen LogP contribution in [0.1, 0.15) is 33.1 Å². The summed E-state index contributed by atoms with van der Waals surface area (Å²) in [6, 6.07) is 24.3. The second-order valence-corrected chi connectivity index (χ2v) is 7.09. The monoisotopic (exact) mass is 408 g/mol. The van der Waals surface area contributed by atoms with E-state index < -0.39 is 0 Å². The van der Waals surface area contributed by atoms with Gasteiger partial charge in [0.2, 0.25) is 0 Å². The summed E-state index contributed by atoms with van der Waals surface area (Å²) in [4.78, 5) is 12.4. The maximum Gasteiger partial charge on any atom is 0.271 e. The Bertz CT molecular complexity index is 1270. The van der Waals surface area contributed by atoms with Gasteiger partial charge in [-0.05, 0) is 86.6 Å². The quantitative estimate of drug-likeness (QED) is 0.373. The Morgan fingerprint density at radius 2 is 1.65 bits per heavy atom. The fourth-order valence-corrected chi connectivity index (χ4v) is 3.34. The summed E-state index contributed by atoms with van der Waals surface area (Å²) in [5, 5.41) is 12.9. The number of hydrogen-bond donors (Lipinski definition) is 1. The Morgan fingerprint density at radius 3 is 2.29 bits per heavy atom. The summed E-state index contributed by atoms with van der Waals surface area (Å²) in [7, 11) is 0. The number of nitrogens with one attached hydrogen (secondary N) is 1. The van der Waals surface area contributed by atoms with Crippen LogP contribution in [0.5, 0.6) is 0 Å². The minimum atomic E-state index is -0.303. The molecule has 1 N–H and O–H groups in total. The lowest BCUT2D eigenvalue weighted by Crippen LogP contribution is -2.17. The molecule has 0 saturated carbocycles. The van der Waals surface area contributed by atoms with E-state index in [1.165, 1.54) is 6.21 Å². The summed E-state index contributed by atoms with van der Waals surface area (Å²) in [6.07, 6.45) is 1.45. The van der Waals surface area contributed by atoms with Crippen LogP contribution >= 0.6 is 0 Å². The number of carbonyl (C=O) groups is 1. The van der Waals surface area contributed by atoms with Crippen molar-refractivity contribution < 1.29 is 9.21 Å². The molecule has 2 heterocycles. The third-order valence-electron chi connectivity index (χ3n) is 4.94. The van der Waals surface area contributed by atoms with Crippen LogP contribution in [0, 0.1) is 25.2 Å². The van der Waals surface area contributed by atoms with Crippen molar-refractivity contribution in [2.45, 2.75) is 13.8 Å². The number of carbonyl (C=O) groups excluding carboxylic acids is 1. The van der Waals surface area contributed by atoms with Gasteiger partial charge in [0.15, 0.2) is 0 Å². The van der Waals surface area contributed by atoms with Crippen LogP contribution in [0.2, 0.25) is 0 Å². The molecule has 0 radical (unpaired) electrons. The molecule has 4 aromatic rings. The molecule has 1 amide bonds. The Kier molecular flexibility index (Phi) is 5.50. The van der Waals surface area contributed by atoms with Crippen molar-refractivity contribution >= 4 is 12.1 Å². The van der Waals surface area contributed by atoms with Gasteiger partial charge in [0.1, 0.15) is 11.5 Å². The standard InChI is InChI=1S/C25H20N4O2/c1-17-3-4-18(2)29(17)22-11-9-21(10-12-22)25(30)28-27-16-23-13-14-24(31-23)20-7-5-19(15-26)6-8-20/h3-14,16H,1-2H3,(H,28,30)/b27-16-. The van der Waals surface area contributed by atoms with Crippen LogP contribution in [0.3, 0.4) is 0 Å². The smallest absolute Gasteiger partial charge is 0.271 e. The molecular formula is C25H20N4O2. The van der Waals surface area contributed by atoms with Crippen molar-refractivity contribution in [3.8, 4) is 23.1 Å². The van der Waals surface area contributed by atoms with Gasteiger partial charge < -0.3 is 8.98 Å². The molecule has 31 heavy (non-hydrogen) atoms. The molecule has 0 bridgehead atoms. The molecule has 152 valence electrons. The van der Waals surface area contributed by atoms with E-state index >= 15 is 0 Å². The lowest BCUT2D eigenvalue weighted by molar-refractivity contribution is 0.0955. The van der Waals surface area contributed by atoms with Crippen molar-refractivity contribution in [3.05, 3.63) is 101 Å². The van der Waals surface area contributed by atoms with Crippen LogP contribution in [-0.4, -0.2) is 16.7 Å². The van der Waals surface area contributed by atoms with Crippen LogP contribution in [0.15, 0.2) is 82.3 Å². The highest BCUT2D eigenvalue weighted by Crippen LogP contribution is 2.22. The van der Waals surface area contributed by atoms with Gasteiger partial charge in [-0.15, -0.1) is 0 Å². The summed E-state index contributed by atoms with van der Waals surface area (Å²) < 4.78 is 7.85. The zero-order valence-electron chi connectivity index (χ0n) is 17.2. The van der Waals surface area contributed by atoms with Gasteiger partial charge in [0.05, 0.1) is 17.8 Å². The number of hydrazone groups is 1. The largest absolute Gasteiger partial charge is 0.455 e. The normalized spacial score (nSPS) is 10.9. The first-order valence-corrected chi connectivity index (χ1v) is 9.74. The Labute approximate surface area is 180 Å². The molecule has 2 aromatic heterocycles. The second-order valence-electron chi connectivity index (χ2n) is 7.09. The Balaban J connectivity index is 1.39. The predicted octanol–water partition coefficient (Wildman–Crippen LogP) is 4.99. The summed E-state index contributed by atoms with van der Waals surface area (Å²) in [5.41, 5.74) is 7.76. The number of aromatic nitrogens is 1. The maximum absolute atomic E-state index is 12.4. The van der Waals surface area contributed by atoms with Gasteiger partial charge in [-0.2, -0.15) is 10.4 Å². The number of amides is 1. The molecule has 4 rings (SSSR count). The van der Waals surface area contributed by atoms with E-state index in [0.717, 1.165) is 22.6 Å². The lowest BCUT2D eigenvalue weighted by atomic mass is 10.1. The van der Waals surface area contributed by atoms with Crippen LogP contribution in [-0.2, 0) is 0 Å². The van der Waals surface area contributed by atoms with Gasteiger partial charge in [0.25, 0.3) is 5.91 Å². The van der Waals surface area contributed by atoms with Gasteiger partial charge in [-0.1, -0.05) is 0 Å². The van der Waals surface area contributed by atoms with E-state index in [4.69, 9.17) is 9.68 Å². The molecule has 0 saturated heterocycles. The zero-order valence-corrected chi connectivity index (χ0v) is 17.2. The Hall–Kier alpha value is -4.37. The van der Waals surface area contributed by atoms with Crippen LogP contribution in [0.25, 0.3) is 17.0 Å². The molecular weight excluding hydrogens is 388 g/mol. The topological polar surface area (TPSA) is 83.3 Å². The first kappa shape index (κ1) is 19.9. The first-order chi connectivity index (χ1) is 15.0. The molecule has 0 spiro atoms. The fourth-order valence-electron chi connectivity index (χ4n) is 3.34. The van der Waals surface area contributed by atoms with Crippen LogP contribution in [0.4, 0.5) is 0 Å². The highest BCUT2D eigenvalue weighted by atomic mass is 16.3. The van der Waals surface area contributed by atoms with E-state index in [0.29, 0.717) is 22.6 Å². The average Bonchev–Trinajstić information content (AvgIpc) is 3.40. The molecule has 6 nitrogen and oxygen atoms in total. The molecule has 0 aliphatic carbocycles. The summed E-state index contributed by atoms with van der Waals surface area (Å²) in [5.74, 6) is 0.861. The fraction of sp³-hybridized carbons (Fsp3) is 0.0800. The highest BCUT2D eigenvalue weighted by molar-refractivity contribution is 5.94. The van der Waals surface area contributed by atoms with Crippen LogP contribution < -0.4 is 5.43 Å². The average molecular weight is 408 g/mol. The van der Waals surface area contributed by atoms with E-state index in [-0.39, 0.29) is 5.91 Å². The predicted molar refractivity (Wildman–Crippen MR) is 119 cm³/mol. The number of benzene rings is 2. The van der Waals surface area contributed by atoms with Crippen molar-refractivity contribution in [3.63, 3.8) is 0 Å². The van der Waals surface area contributed by atoms with Gasteiger partial charge in [-0.3, -0.25) is 4.79 Å². The van der Waals surface area contributed by atoms with Crippen molar-refractivity contribution in [2.75, 3.05) is 0 Å².